The minimum absolute atomic E-state index is 0.0273. The average Bonchev–Trinajstić information content (AvgIpc) is 2.77. The summed E-state index contributed by atoms with van der Waals surface area (Å²) < 4.78 is 19.6. The van der Waals surface area contributed by atoms with Crippen LogP contribution in [0.2, 0.25) is 0 Å². The molecule has 3 aromatic carbocycles. The van der Waals surface area contributed by atoms with Gasteiger partial charge in [0, 0.05) is 22.8 Å². The Bertz CT molecular complexity index is 1280. The van der Waals surface area contributed by atoms with Crippen molar-refractivity contribution < 1.29 is 13.9 Å². The summed E-state index contributed by atoms with van der Waals surface area (Å²) in [6, 6.07) is 21.8. The summed E-state index contributed by atoms with van der Waals surface area (Å²) in [5, 5.41) is 0.844. The highest BCUT2D eigenvalue weighted by atomic mass is 19.1. The van der Waals surface area contributed by atoms with Crippen LogP contribution in [0.25, 0.3) is 10.9 Å². The number of halogens is 1. The predicted molar refractivity (Wildman–Crippen MR) is 114 cm³/mol. The Morgan fingerprint density at radius 3 is 2.57 bits per heavy atom. The van der Waals surface area contributed by atoms with E-state index in [2.05, 4.69) is 4.98 Å². The SMILES string of the molecule is COc1cccc(N(Cc2cc3ccccc3[nH]c2=O)C(=O)c2ccccc2F)c1. The number of hydrogen-bond acceptors (Lipinski definition) is 3. The molecule has 1 amide bonds. The first-order valence-electron chi connectivity index (χ1n) is 9.38. The van der Waals surface area contributed by atoms with Crippen LogP contribution in [0.5, 0.6) is 5.75 Å². The van der Waals surface area contributed by atoms with Gasteiger partial charge in [-0.2, -0.15) is 0 Å². The van der Waals surface area contributed by atoms with Crippen LogP contribution >= 0.6 is 0 Å². The zero-order valence-corrected chi connectivity index (χ0v) is 16.3. The Balaban J connectivity index is 1.81. The fraction of sp³-hybridized carbons (Fsp3) is 0.0833. The second-order valence-corrected chi connectivity index (χ2v) is 6.78. The van der Waals surface area contributed by atoms with Gasteiger partial charge in [0.15, 0.2) is 0 Å². The molecule has 0 saturated heterocycles. The topological polar surface area (TPSA) is 62.4 Å². The van der Waals surface area contributed by atoms with E-state index >= 15 is 0 Å². The van der Waals surface area contributed by atoms with Crippen molar-refractivity contribution in [3.05, 3.63) is 106 Å². The molecule has 4 aromatic rings. The molecule has 0 aliphatic carbocycles. The molecule has 5 nitrogen and oxygen atoms in total. The summed E-state index contributed by atoms with van der Waals surface area (Å²) in [4.78, 5) is 30.1. The number of benzene rings is 3. The number of methoxy groups -OCH3 is 1. The monoisotopic (exact) mass is 402 g/mol. The number of pyridine rings is 1. The van der Waals surface area contributed by atoms with Crippen molar-refractivity contribution in [3.63, 3.8) is 0 Å². The van der Waals surface area contributed by atoms with E-state index in [0.717, 1.165) is 5.39 Å². The van der Waals surface area contributed by atoms with Crippen LogP contribution < -0.4 is 15.2 Å². The van der Waals surface area contributed by atoms with Crippen molar-refractivity contribution in [1.29, 1.82) is 0 Å². The maximum Gasteiger partial charge on any atom is 0.261 e. The summed E-state index contributed by atoms with van der Waals surface area (Å²) in [6.07, 6.45) is 0. The molecule has 0 atom stereocenters. The number of carbonyl (C=O) groups is 1. The lowest BCUT2D eigenvalue weighted by Gasteiger charge is -2.23. The predicted octanol–water partition coefficient (Wildman–Crippen LogP) is 4.52. The lowest BCUT2D eigenvalue weighted by molar-refractivity contribution is 0.0981. The molecule has 0 radical (unpaired) electrons. The molecule has 6 heteroatoms. The van der Waals surface area contributed by atoms with E-state index in [4.69, 9.17) is 4.74 Å². The maximum absolute atomic E-state index is 14.3. The number of anilines is 1. The highest BCUT2D eigenvalue weighted by Gasteiger charge is 2.22. The van der Waals surface area contributed by atoms with Gasteiger partial charge < -0.3 is 14.6 Å². The van der Waals surface area contributed by atoms with Crippen molar-refractivity contribution in [2.75, 3.05) is 12.0 Å². The first-order valence-corrected chi connectivity index (χ1v) is 9.38. The molecule has 0 spiro atoms. The minimum atomic E-state index is -0.622. The second-order valence-electron chi connectivity index (χ2n) is 6.78. The number of amides is 1. The van der Waals surface area contributed by atoms with Crippen LogP contribution in [-0.2, 0) is 6.54 Å². The van der Waals surface area contributed by atoms with Crippen molar-refractivity contribution in [1.82, 2.24) is 4.98 Å². The largest absolute Gasteiger partial charge is 0.497 e. The second kappa shape index (κ2) is 8.21. The van der Waals surface area contributed by atoms with E-state index in [1.54, 1.807) is 36.4 Å². The third-order valence-corrected chi connectivity index (χ3v) is 4.87. The fourth-order valence-corrected chi connectivity index (χ4v) is 3.32. The summed E-state index contributed by atoms with van der Waals surface area (Å²) in [5.41, 5.74) is 1.22. The van der Waals surface area contributed by atoms with Gasteiger partial charge in [-0.3, -0.25) is 9.59 Å². The number of aromatic amines is 1. The van der Waals surface area contributed by atoms with Gasteiger partial charge in [0.05, 0.1) is 19.2 Å². The van der Waals surface area contributed by atoms with Crippen molar-refractivity contribution in [3.8, 4) is 5.75 Å². The number of H-pyrrole nitrogens is 1. The zero-order valence-electron chi connectivity index (χ0n) is 16.3. The van der Waals surface area contributed by atoms with Crippen LogP contribution in [0.3, 0.4) is 0 Å². The summed E-state index contributed by atoms with van der Waals surface area (Å²) in [5.74, 6) is -0.622. The van der Waals surface area contributed by atoms with Gasteiger partial charge in [0.2, 0.25) is 0 Å². The zero-order chi connectivity index (χ0) is 21.1. The van der Waals surface area contributed by atoms with Gasteiger partial charge in [-0.05, 0) is 41.8 Å². The number of hydrogen-bond donors (Lipinski definition) is 1. The summed E-state index contributed by atoms with van der Waals surface area (Å²) in [7, 11) is 1.52. The number of nitrogens with zero attached hydrogens (tertiary/aromatic N) is 1. The van der Waals surface area contributed by atoms with E-state index in [9.17, 15) is 14.0 Å². The Kier molecular flexibility index (Phi) is 5.30. The third-order valence-electron chi connectivity index (χ3n) is 4.87. The Labute approximate surface area is 172 Å². The Hall–Kier alpha value is -3.93. The molecule has 0 aliphatic rings. The van der Waals surface area contributed by atoms with Crippen molar-refractivity contribution in [2.45, 2.75) is 6.54 Å². The number of ether oxygens (including phenoxy) is 1. The van der Waals surface area contributed by atoms with Gasteiger partial charge in [0.1, 0.15) is 11.6 Å². The highest BCUT2D eigenvalue weighted by Crippen LogP contribution is 2.25. The molecule has 1 aromatic heterocycles. The first kappa shape index (κ1) is 19.4. The van der Waals surface area contributed by atoms with Gasteiger partial charge in [0.25, 0.3) is 11.5 Å². The normalized spacial score (nSPS) is 10.7. The molecule has 1 N–H and O–H groups in total. The number of carbonyl (C=O) groups excluding carboxylic acids is 1. The quantitative estimate of drug-likeness (QED) is 0.534. The van der Waals surface area contributed by atoms with Gasteiger partial charge in [-0.25, -0.2) is 4.39 Å². The van der Waals surface area contributed by atoms with Gasteiger partial charge in [-0.15, -0.1) is 0 Å². The minimum Gasteiger partial charge on any atom is -0.497 e. The molecule has 0 saturated carbocycles. The van der Waals surface area contributed by atoms with Gasteiger partial charge in [-0.1, -0.05) is 36.4 Å². The number of rotatable bonds is 5. The van der Waals surface area contributed by atoms with E-state index in [1.165, 1.54) is 30.2 Å². The Morgan fingerprint density at radius 1 is 1.00 bits per heavy atom. The smallest absolute Gasteiger partial charge is 0.261 e. The van der Waals surface area contributed by atoms with Crippen LogP contribution in [0, 0.1) is 5.82 Å². The number of fused-ring (bicyclic) bond motifs is 1. The molecular weight excluding hydrogens is 383 g/mol. The molecule has 30 heavy (non-hydrogen) atoms. The van der Waals surface area contributed by atoms with Crippen molar-refractivity contribution >= 4 is 22.5 Å². The van der Waals surface area contributed by atoms with Crippen LogP contribution in [0.1, 0.15) is 15.9 Å². The number of para-hydroxylation sites is 1. The summed E-state index contributed by atoms with van der Waals surface area (Å²) in [6.45, 7) is -0.0273. The first-order chi connectivity index (χ1) is 14.6. The van der Waals surface area contributed by atoms with E-state index in [1.807, 2.05) is 24.3 Å². The fourth-order valence-electron chi connectivity index (χ4n) is 3.32. The molecule has 150 valence electrons. The maximum atomic E-state index is 14.3. The molecule has 4 rings (SSSR count). The summed E-state index contributed by atoms with van der Waals surface area (Å²) >= 11 is 0. The highest BCUT2D eigenvalue weighted by molar-refractivity contribution is 6.06. The molecule has 1 heterocycles. The molecule has 0 aliphatic heterocycles. The Morgan fingerprint density at radius 2 is 1.77 bits per heavy atom. The third kappa shape index (κ3) is 3.80. The molecule has 0 unspecified atom stereocenters. The van der Waals surface area contributed by atoms with Gasteiger partial charge >= 0.3 is 0 Å². The molecule has 0 fully saturated rings. The number of aromatic nitrogens is 1. The van der Waals surface area contributed by atoms with Crippen molar-refractivity contribution in [2.24, 2.45) is 0 Å². The van der Waals surface area contributed by atoms with E-state index in [0.29, 0.717) is 22.5 Å². The molecular formula is C24H19FN2O3. The average molecular weight is 402 g/mol. The van der Waals surface area contributed by atoms with E-state index < -0.39 is 11.7 Å². The molecule has 0 bridgehead atoms. The van der Waals surface area contributed by atoms with E-state index in [-0.39, 0.29) is 17.7 Å². The lowest BCUT2D eigenvalue weighted by Crippen LogP contribution is -2.33. The lowest BCUT2D eigenvalue weighted by atomic mass is 10.1. The van der Waals surface area contributed by atoms with Crippen LogP contribution in [0.4, 0.5) is 10.1 Å². The number of nitrogens with one attached hydrogen (secondary N) is 1. The van der Waals surface area contributed by atoms with Crippen LogP contribution in [0.15, 0.2) is 83.7 Å². The standard InChI is InChI=1S/C24H19FN2O3/c1-30-19-9-6-8-18(14-19)27(24(29)20-10-3-4-11-21(20)25)15-17-13-16-7-2-5-12-22(16)26-23(17)28/h2-14H,15H2,1H3,(H,26,28). The van der Waals surface area contributed by atoms with Crippen LogP contribution in [-0.4, -0.2) is 18.0 Å².